The van der Waals surface area contributed by atoms with Gasteiger partial charge in [-0.25, -0.2) is 4.98 Å². The zero-order chi connectivity index (χ0) is 14.8. The van der Waals surface area contributed by atoms with Gasteiger partial charge >= 0.3 is 0 Å². The van der Waals surface area contributed by atoms with Crippen LogP contribution in [-0.4, -0.2) is 65.4 Å². The molecular formula is C14H20N4O2S. The molecule has 1 aromatic heterocycles. The van der Waals surface area contributed by atoms with E-state index in [4.69, 9.17) is 0 Å². The molecule has 2 amide bonds. The van der Waals surface area contributed by atoms with Crippen LogP contribution in [0.1, 0.15) is 19.8 Å². The van der Waals surface area contributed by atoms with Gasteiger partial charge in [-0.05, 0) is 12.8 Å². The molecule has 0 spiro atoms. The number of aromatic nitrogens is 1. The van der Waals surface area contributed by atoms with Gasteiger partial charge in [0.05, 0.1) is 0 Å². The third-order valence-electron chi connectivity index (χ3n) is 4.22. The molecular weight excluding hydrogens is 288 g/mol. The van der Waals surface area contributed by atoms with Crippen molar-refractivity contribution in [2.24, 2.45) is 0 Å². The van der Waals surface area contributed by atoms with Crippen molar-refractivity contribution in [3.05, 3.63) is 11.6 Å². The quantitative estimate of drug-likeness (QED) is 0.811. The van der Waals surface area contributed by atoms with Gasteiger partial charge in [0.25, 0.3) is 0 Å². The minimum absolute atomic E-state index is 0.00673. The third-order valence-corrected chi connectivity index (χ3v) is 5.06. The molecule has 0 saturated carbocycles. The SMILES string of the molecule is CC(=O)N1CCCC1C(=O)N1CCN(c2nccs2)CC1. The molecule has 3 heterocycles. The summed E-state index contributed by atoms with van der Waals surface area (Å²) in [7, 11) is 0. The Balaban J connectivity index is 1.59. The largest absolute Gasteiger partial charge is 0.345 e. The highest BCUT2D eigenvalue weighted by molar-refractivity contribution is 7.13. The van der Waals surface area contributed by atoms with E-state index in [1.165, 1.54) is 0 Å². The maximum atomic E-state index is 12.6. The predicted octanol–water partition coefficient (Wildman–Crippen LogP) is 0.803. The first-order valence-corrected chi connectivity index (χ1v) is 8.25. The maximum Gasteiger partial charge on any atom is 0.245 e. The molecule has 6 nitrogen and oxygen atoms in total. The molecule has 2 aliphatic heterocycles. The second-order valence-corrected chi connectivity index (χ2v) is 6.37. The van der Waals surface area contributed by atoms with E-state index >= 15 is 0 Å². The standard InChI is InChI=1S/C14H20N4O2S/c1-11(19)18-5-2-3-12(18)13(20)16-6-8-17(9-7-16)14-15-4-10-21-14/h4,10,12H,2-3,5-9H2,1H3. The summed E-state index contributed by atoms with van der Waals surface area (Å²) in [4.78, 5) is 34.3. The fourth-order valence-electron chi connectivity index (χ4n) is 3.10. The van der Waals surface area contributed by atoms with Crippen molar-refractivity contribution in [3.63, 3.8) is 0 Å². The Bertz CT molecular complexity index is 511. The monoisotopic (exact) mass is 308 g/mol. The van der Waals surface area contributed by atoms with E-state index in [1.807, 2.05) is 10.3 Å². The number of anilines is 1. The van der Waals surface area contributed by atoms with Crippen molar-refractivity contribution in [2.45, 2.75) is 25.8 Å². The second-order valence-electron chi connectivity index (χ2n) is 5.50. The molecule has 2 saturated heterocycles. The van der Waals surface area contributed by atoms with Crippen molar-refractivity contribution in [3.8, 4) is 0 Å². The number of carbonyl (C=O) groups is 2. The van der Waals surface area contributed by atoms with Gasteiger partial charge in [0.2, 0.25) is 11.8 Å². The summed E-state index contributed by atoms with van der Waals surface area (Å²) in [6, 6.07) is -0.242. The smallest absolute Gasteiger partial charge is 0.245 e. The fraction of sp³-hybridized carbons (Fsp3) is 0.643. The van der Waals surface area contributed by atoms with Crippen LogP contribution in [-0.2, 0) is 9.59 Å². The molecule has 0 radical (unpaired) electrons. The first kappa shape index (κ1) is 14.3. The number of hydrogen-bond acceptors (Lipinski definition) is 5. The maximum absolute atomic E-state index is 12.6. The summed E-state index contributed by atoms with van der Waals surface area (Å²) in [5.74, 6) is 0.119. The third kappa shape index (κ3) is 2.88. The van der Waals surface area contributed by atoms with Gasteiger partial charge in [-0.1, -0.05) is 0 Å². The molecule has 1 unspecified atom stereocenters. The van der Waals surface area contributed by atoms with E-state index in [2.05, 4.69) is 9.88 Å². The molecule has 0 aromatic carbocycles. The van der Waals surface area contributed by atoms with E-state index in [-0.39, 0.29) is 17.9 Å². The highest BCUT2D eigenvalue weighted by atomic mass is 32.1. The lowest BCUT2D eigenvalue weighted by atomic mass is 10.1. The van der Waals surface area contributed by atoms with Crippen LogP contribution >= 0.6 is 11.3 Å². The minimum Gasteiger partial charge on any atom is -0.345 e. The van der Waals surface area contributed by atoms with Crippen molar-refractivity contribution in [2.75, 3.05) is 37.6 Å². The van der Waals surface area contributed by atoms with Crippen molar-refractivity contribution < 1.29 is 9.59 Å². The first-order valence-electron chi connectivity index (χ1n) is 7.37. The molecule has 0 bridgehead atoms. The minimum atomic E-state index is -0.242. The van der Waals surface area contributed by atoms with Crippen LogP contribution in [0.15, 0.2) is 11.6 Å². The van der Waals surface area contributed by atoms with Crippen LogP contribution in [0, 0.1) is 0 Å². The highest BCUT2D eigenvalue weighted by Crippen LogP contribution is 2.22. The van der Waals surface area contributed by atoms with E-state index in [9.17, 15) is 9.59 Å². The highest BCUT2D eigenvalue weighted by Gasteiger charge is 2.36. The van der Waals surface area contributed by atoms with Crippen LogP contribution in [0.5, 0.6) is 0 Å². The van der Waals surface area contributed by atoms with Crippen LogP contribution in [0.4, 0.5) is 5.13 Å². The summed E-state index contributed by atoms with van der Waals surface area (Å²) in [6.45, 7) is 5.30. The number of hydrogen-bond donors (Lipinski definition) is 0. The zero-order valence-corrected chi connectivity index (χ0v) is 13.0. The van der Waals surface area contributed by atoms with Gasteiger partial charge < -0.3 is 14.7 Å². The molecule has 0 aliphatic carbocycles. The lowest BCUT2D eigenvalue weighted by Gasteiger charge is -2.37. The Labute approximate surface area is 128 Å². The summed E-state index contributed by atoms with van der Waals surface area (Å²) < 4.78 is 0. The molecule has 2 aliphatic rings. The molecule has 7 heteroatoms. The lowest BCUT2D eigenvalue weighted by Crippen LogP contribution is -2.54. The van der Waals surface area contributed by atoms with Crippen molar-refractivity contribution >= 4 is 28.3 Å². The Kier molecular flexibility index (Phi) is 4.10. The molecule has 1 atom stereocenters. The molecule has 3 rings (SSSR count). The van der Waals surface area contributed by atoms with Crippen LogP contribution < -0.4 is 4.90 Å². The van der Waals surface area contributed by atoms with Crippen LogP contribution in [0.2, 0.25) is 0 Å². The van der Waals surface area contributed by atoms with Gasteiger partial charge in [-0.15, -0.1) is 11.3 Å². The number of thiazole rings is 1. The second kappa shape index (κ2) is 6.01. The summed E-state index contributed by atoms with van der Waals surface area (Å²) in [6.07, 6.45) is 3.53. The zero-order valence-electron chi connectivity index (χ0n) is 12.2. The van der Waals surface area contributed by atoms with E-state index in [0.29, 0.717) is 19.6 Å². The molecule has 0 N–H and O–H groups in total. The predicted molar refractivity (Wildman–Crippen MR) is 81.3 cm³/mol. The molecule has 2 fully saturated rings. The molecule has 1 aromatic rings. The van der Waals surface area contributed by atoms with Crippen molar-refractivity contribution in [1.82, 2.24) is 14.8 Å². The first-order chi connectivity index (χ1) is 10.2. The number of carbonyl (C=O) groups excluding carboxylic acids is 2. The number of piperazine rings is 1. The summed E-state index contributed by atoms with van der Waals surface area (Å²) in [5, 5.41) is 2.99. The number of rotatable bonds is 2. The van der Waals surface area contributed by atoms with Gasteiger partial charge in [0, 0.05) is 51.2 Å². The fourth-order valence-corrected chi connectivity index (χ4v) is 3.80. The molecule has 114 valence electrons. The van der Waals surface area contributed by atoms with Crippen LogP contribution in [0.25, 0.3) is 0 Å². The van der Waals surface area contributed by atoms with Gasteiger partial charge in [0.15, 0.2) is 5.13 Å². The number of nitrogens with zero attached hydrogens (tertiary/aromatic N) is 4. The van der Waals surface area contributed by atoms with E-state index in [1.54, 1.807) is 29.4 Å². The normalized spacial score (nSPS) is 22.7. The Morgan fingerprint density at radius 3 is 2.62 bits per heavy atom. The van der Waals surface area contributed by atoms with E-state index in [0.717, 1.165) is 31.1 Å². The Morgan fingerprint density at radius 2 is 2.00 bits per heavy atom. The average molecular weight is 308 g/mol. The van der Waals surface area contributed by atoms with E-state index < -0.39 is 0 Å². The topological polar surface area (TPSA) is 56.8 Å². The number of amides is 2. The summed E-state index contributed by atoms with van der Waals surface area (Å²) in [5.41, 5.74) is 0. The average Bonchev–Trinajstić information content (AvgIpc) is 3.18. The van der Waals surface area contributed by atoms with Crippen LogP contribution in [0.3, 0.4) is 0 Å². The summed E-state index contributed by atoms with van der Waals surface area (Å²) >= 11 is 1.63. The number of likely N-dealkylation sites (tertiary alicyclic amines) is 1. The van der Waals surface area contributed by atoms with Gasteiger partial charge in [0.1, 0.15) is 6.04 Å². The Morgan fingerprint density at radius 1 is 1.24 bits per heavy atom. The van der Waals surface area contributed by atoms with Crippen molar-refractivity contribution in [1.29, 1.82) is 0 Å². The van der Waals surface area contributed by atoms with Gasteiger partial charge in [-0.2, -0.15) is 0 Å². The Hall–Kier alpha value is -1.63. The lowest BCUT2D eigenvalue weighted by molar-refractivity contribution is -0.143. The van der Waals surface area contributed by atoms with Gasteiger partial charge in [-0.3, -0.25) is 9.59 Å². The molecule has 21 heavy (non-hydrogen) atoms.